The van der Waals surface area contributed by atoms with Gasteiger partial charge in [-0.3, -0.25) is 19.8 Å². The molecule has 108 valence electrons. The standard InChI is InChI=1S/C12H20N2O5/c1-12(2)5-4-6-14(9(12)10(16)17)7-8(15)13-11(18)19-3/h9H,4-7H2,1-3H3,(H,16,17)(H,13,15,18). The van der Waals surface area contributed by atoms with Crippen LogP contribution in [0.25, 0.3) is 0 Å². The smallest absolute Gasteiger partial charge is 0.413 e. The van der Waals surface area contributed by atoms with Gasteiger partial charge in [-0.25, -0.2) is 4.79 Å². The van der Waals surface area contributed by atoms with E-state index in [-0.39, 0.29) is 6.54 Å². The molecule has 1 rings (SSSR count). The van der Waals surface area contributed by atoms with E-state index in [0.29, 0.717) is 6.54 Å². The zero-order chi connectivity index (χ0) is 14.6. The molecule has 0 aliphatic carbocycles. The van der Waals surface area contributed by atoms with Crippen LogP contribution in [0.4, 0.5) is 4.79 Å². The van der Waals surface area contributed by atoms with Crippen molar-refractivity contribution in [3.63, 3.8) is 0 Å². The first kappa shape index (κ1) is 15.4. The van der Waals surface area contributed by atoms with Crippen LogP contribution < -0.4 is 5.32 Å². The fourth-order valence-electron chi connectivity index (χ4n) is 2.55. The summed E-state index contributed by atoms with van der Waals surface area (Å²) in [5.74, 6) is -1.51. The Morgan fingerprint density at radius 2 is 2.05 bits per heavy atom. The number of hydrogen-bond acceptors (Lipinski definition) is 5. The van der Waals surface area contributed by atoms with Crippen LogP contribution in [0.15, 0.2) is 0 Å². The molecule has 1 fully saturated rings. The van der Waals surface area contributed by atoms with Crippen molar-refractivity contribution in [3.05, 3.63) is 0 Å². The minimum absolute atomic E-state index is 0.129. The number of carbonyl (C=O) groups excluding carboxylic acids is 2. The lowest BCUT2D eigenvalue weighted by Crippen LogP contribution is -2.56. The Morgan fingerprint density at radius 1 is 1.42 bits per heavy atom. The normalized spacial score (nSPS) is 22.6. The SMILES string of the molecule is COC(=O)NC(=O)CN1CCCC(C)(C)C1C(=O)O. The summed E-state index contributed by atoms with van der Waals surface area (Å²) in [7, 11) is 1.16. The van der Waals surface area contributed by atoms with Gasteiger partial charge < -0.3 is 9.84 Å². The van der Waals surface area contributed by atoms with E-state index in [1.165, 1.54) is 0 Å². The van der Waals surface area contributed by atoms with Crippen molar-refractivity contribution in [3.8, 4) is 0 Å². The summed E-state index contributed by atoms with van der Waals surface area (Å²) >= 11 is 0. The van der Waals surface area contributed by atoms with Crippen LogP contribution in [0, 0.1) is 5.41 Å². The molecule has 1 unspecified atom stereocenters. The highest BCUT2D eigenvalue weighted by Gasteiger charge is 2.42. The van der Waals surface area contributed by atoms with E-state index in [2.05, 4.69) is 4.74 Å². The number of methoxy groups -OCH3 is 1. The third kappa shape index (κ3) is 3.92. The van der Waals surface area contributed by atoms with Gasteiger partial charge >= 0.3 is 12.1 Å². The van der Waals surface area contributed by atoms with E-state index in [0.717, 1.165) is 20.0 Å². The third-order valence-corrected chi connectivity index (χ3v) is 3.38. The van der Waals surface area contributed by atoms with Crippen LogP contribution in [-0.4, -0.2) is 54.2 Å². The Bertz CT molecular complexity index is 380. The van der Waals surface area contributed by atoms with Crippen molar-refractivity contribution in [1.29, 1.82) is 0 Å². The Hall–Kier alpha value is -1.63. The van der Waals surface area contributed by atoms with Crippen molar-refractivity contribution < 1.29 is 24.2 Å². The molecule has 7 nitrogen and oxygen atoms in total. The van der Waals surface area contributed by atoms with Gasteiger partial charge in [-0.2, -0.15) is 0 Å². The van der Waals surface area contributed by atoms with E-state index < -0.39 is 29.4 Å². The monoisotopic (exact) mass is 272 g/mol. The number of rotatable bonds is 3. The molecule has 1 heterocycles. The Kier molecular flexibility index (Phi) is 4.88. The molecule has 2 N–H and O–H groups in total. The maximum Gasteiger partial charge on any atom is 0.413 e. The van der Waals surface area contributed by atoms with Crippen molar-refractivity contribution in [1.82, 2.24) is 10.2 Å². The number of carbonyl (C=O) groups is 3. The Morgan fingerprint density at radius 3 is 2.58 bits per heavy atom. The van der Waals surface area contributed by atoms with Gasteiger partial charge in [0, 0.05) is 0 Å². The second-order valence-corrected chi connectivity index (χ2v) is 5.34. The number of aliphatic carboxylic acids is 1. The van der Waals surface area contributed by atoms with Gasteiger partial charge in [0.1, 0.15) is 6.04 Å². The molecule has 1 saturated heterocycles. The highest BCUT2D eigenvalue weighted by molar-refractivity contribution is 5.93. The minimum atomic E-state index is -0.949. The molecule has 0 aromatic heterocycles. The lowest BCUT2D eigenvalue weighted by molar-refractivity contribution is -0.151. The highest BCUT2D eigenvalue weighted by atomic mass is 16.5. The van der Waals surface area contributed by atoms with Gasteiger partial charge in [0.15, 0.2) is 0 Å². The van der Waals surface area contributed by atoms with Gasteiger partial charge in [0.25, 0.3) is 0 Å². The molecule has 0 aromatic rings. The van der Waals surface area contributed by atoms with E-state index in [1.54, 1.807) is 4.90 Å². The lowest BCUT2D eigenvalue weighted by atomic mass is 9.76. The molecular weight excluding hydrogens is 252 g/mol. The molecule has 1 aliphatic rings. The Labute approximate surface area is 111 Å². The van der Waals surface area contributed by atoms with Gasteiger partial charge in [0.05, 0.1) is 13.7 Å². The number of amides is 2. The second kappa shape index (κ2) is 6.01. The second-order valence-electron chi connectivity index (χ2n) is 5.34. The number of ether oxygens (including phenoxy) is 1. The van der Waals surface area contributed by atoms with Crippen LogP contribution in [0.2, 0.25) is 0 Å². The number of likely N-dealkylation sites (tertiary alicyclic amines) is 1. The van der Waals surface area contributed by atoms with Crippen molar-refractivity contribution in [2.75, 3.05) is 20.2 Å². The summed E-state index contributed by atoms with van der Waals surface area (Å²) in [5.41, 5.74) is -0.407. The van der Waals surface area contributed by atoms with Crippen molar-refractivity contribution >= 4 is 18.0 Å². The van der Waals surface area contributed by atoms with Gasteiger partial charge in [-0.1, -0.05) is 13.8 Å². The predicted octanol–water partition coefficient (Wildman–Crippen LogP) is 0.444. The molecule has 1 atom stereocenters. The van der Waals surface area contributed by atoms with Gasteiger partial charge in [-0.15, -0.1) is 0 Å². The molecular formula is C12H20N2O5. The number of hydrogen-bond donors (Lipinski definition) is 2. The van der Waals surface area contributed by atoms with Gasteiger partial charge in [-0.05, 0) is 24.8 Å². The van der Waals surface area contributed by atoms with Crippen LogP contribution in [-0.2, 0) is 14.3 Å². The summed E-state index contributed by atoms with van der Waals surface area (Å²) in [6, 6.07) is -0.732. The quantitative estimate of drug-likeness (QED) is 0.774. The number of nitrogens with zero attached hydrogens (tertiary/aromatic N) is 1. The number of carboxylic acid groups (broad SMARTS) is 1. The first-order chi connectivity index (χ1) is 8.77. The van der Waals surface area contributed by atoms with Crippen LogP contribution in [0.3, 0.4) is 0 Å². The topological polar surface area (TPSA) is 95.9 Å². The summed E-state index contributed by atoms with van der Waals surface area (Å²) in [5, 5.41) is 11.3. The highest BCUT2D eigenvalue weighted by Crippen LogP contribution is 2.35. The largest absolute Gasteiger partial charge is 0.480 e. The lowest BCUT2D eigenvalue weighted by Gasteiger charge is -2.43. The number of alkyl carbamates (subject to hydrolysis) is 1. The van der Waals surface area contributed by atoms with Crippen LogP contribution in [0.5, 0.6) is 0 Å². The summed E-state index contributed by atoms with van der Waals surface area (Å²) in [4.78, 5) is 35.5. The van der Waals surface area contributed by atoms with Crippen molar-refractivity contribution in [2.24, 2.45) is 5.41 Å². The molecule has 7 heteroatoms. The molecule has 0 bridgehead atoms. The first-order valence-corrected chi connectivity index (χ1v) is 6.12. The summed E-state index contributed by atoms with van der Waals surface area (Å²) in [6.45, 7) is 4.14. The fraction of sp³-hybridized carbons (Fsp3) is 0.750. The zero-order valence-electron chi connectivity index (χ0n) is 11.4. The average Bonchev–Trinajstić information content (AvgIpc) is 2.26. The third-order valence-electron chi connectivity index (χ3n) is 3.38. The van der Waals surface area contributed by atoms with Crippen LogP contribution in [0.1, 0.15) is 26.7 Å². The van der Waals surface area contributed by atoms with Crippen molar-refractivity contribution in [2.45, 2.75) is 32.7 Å². The Balaban J connectivity index is 2.72. The van der Waals surface area contributed by atoms with Crippen LogP contribution >= 0.6 is 0 Å². The number of imide groups is 1. The molecule has 0 aromatic carbocycles. The van der Waals surface area contributed by atoms with E-state index in [9.17, 15) is 19.5 Å². The maximum atomic E-state index is 11.6. The molecule has 19 heavy (non-hydrogen) atoms. The minimum Gasteiger partial charge on any atom is -0.480 e. The molecule has 1 aliphatic heterocycles. The van der Waals surface area contributed by atoms with Gasteiger partial charge in [0.2, 0.25) is 5.91 Å². The zero-order valence-corrected chi connectivity index (χ0v) is 11.4. The molecule has 0 spiro atoms. The summed E-state index contributed by atoms with van der Waals surface area (Å²) in [6.07, 6.45) is 0.773. The maximum absolute atomic E-state index is 11.6. The summed E-state index contributed by atoms with van der Waals surface area (Å²) < 4.78 is 4.32. The number of piperidine rings is 1. The van der Waals surface area contributed by atoms with E-state index >= 15 is 0 Å². The fourth-order valence-corrected chi connectivity index (χ4v) is 2.55. The van der Waals surface area contributed by atoms with E-state index in [4.69, 9.17) is 0 Å². The molecule has 0 radical (unpaired) electrons. The number of carboxylic acids is 1. The predicted molar refractivity (Wildman–Crippen MR) is 66.6 cm³/mol. The number of nitrogens with one attached hydrogen (secondary N) is 1. The molecule has 0 saturated carbocycles. The average molecular weight is 272 g/mol. The van der Waals surface area contributed by atoms with E-state index in [1.807, 2.05) is 19.2 Å². The molecule has 2 amide bonds. The first-order valence-electron chi connectivity index (χ1n) is 6.12.